The van der Waals surface area contributed by atoms with Crippen LogP contribution in [0.15, 0.2) is 33.5 Å². The van der Waals surface area contributed by atoms with Gasteiger partial charge in [-0.3, -0.25) is 5.43 Å². The zero-order valence-electron chi connectivity index (χ0n) is 9.51. The molecule has 7 nitrogen and oxygen atoms in total. The molecule has 0 atom stereocenters. The van der Waals surface area contributed by atoms with Crippen LogP contribution in [0.25, 0.3) is 0 Å². The summed E-state index contributed by atoms with van der Waals surface area (Å²) in [6, 6.07) is 4.31. The monoisotopic (exact) mass is 250 g/mol. The third-order valence-corrected chi connectivity index (χ3v) is 2.20. The summed E-state index contributed by atoms with van der Waals surface area (Å²) in [6.07, 6.45) is 0. The molecule has 1 aromatic carbocycles. The highest BCUT2D eigenvalue weighted by molar-refractivity contribution is 6.68. The molecule has 0 fully saturated rings. The van der Waals surface area contributed by atoms with Crippen molar-refractivity contribution in [1.29, 1.82) is 0 Å². The largest absolute Gasteiger partial charge is 0.494 e. The number of nitrogens with one attached hydrogen (secondary N) is 1. The molecule has 0 saturated heterocycles. The summed E-state index contributed by atoms with van der Waals surface area (Å²) in [5.74, 6) is -0.142. The Labute approximate surface area is 102 Å². The van der Waals surface area contributed by atoms with Crippen molar-refractivity contribution in [3.8, 4) is 5.75 Å². The lowest BCUT2D eigenvalue weighted by Crippen LogP contribution is -2.32. The van der Waals surface area contributed by atoms with Gasteiger partial charge in [0.05, 0.1) is 12.8 Å². The fraction of sp³-hybridized carbons (Fsp3) is 0.100. The molecule has 8 heteroatoms. The summed E-state index contributed by atoms with van der Waals surface area (Å²) in [7, 11) is 1.39. The Morgan fingerprint density at radius 3 is 2.50 bits per heavy atom. The number of benzene rings is 1. The summed E-state index contributed by atoms with van der Waals surface area (Å²) in [5.41, 5.74) is 14.3. The van der Waals surface area contributed by atoms with Gasteiger partial charge in [0.2, 0.25) is 0 Å². The number of hydrogen-bond donors (Lipinski definition) is 3. The Morgan fingerprint density at radius 1 is 1.28 bits per heavy atom. The Bertz CT molecular complexity index is 545. The van der Waals surface area contributed by atoms with Gasteiger partial charge in [-0.05, 0) is 12.1 Å². The van der Waals surface area contributed by atoms with Crippen molar-refractivity contribution in [3.05, 3.63) is 24.0 Å². The van der Waals surface area contributed by atoms with Gasteiger partial charge >= 0.3 is 0 Å². The fourth-order valence-electron chi connectivity index (χ4n) is 1.30. The van der Waals surface area contributed by atoms with Gasteiger partial charge in [-0.2, -0.15) is 5.10 Å². The molecule has 0 saturated carbocycles. The fourth-order valence-corrected chi connectivity index (χ4v) is 1.30. The lowest BCUT2D eigenvalue weighted by molar-refractivity contribution is 0.386. The van der Waals surface area contributed by atoms with Crippen molar-refractivity contribution in [2.45, 2.75) is 0 Å². The summed E-state index contributed by atoms with van der Waals surface area (Å²) >= 11 is 0. The predicted octanol–water partition coefficient (Wildman–Crippen LogP) is 0.245. The van der Waals surface area contributed by atoms with E-state index >= 15 is 0 Å². The van der Waals surface area contributed by atoms with Crippen molar-refractivity contribution < 1.29 is 9.13 Å². The van der Waals surface area contributed by atoms with Crippen molar-refractivity contribution in [1.82, 2.24) is 0 Å². The van der Waals surface area contributed by atoms with E-state index in [-0.39, 0.29) is 23.1 Å². The van der Waals surface area contributed by atoms with Gasteiger partial charge in [-0.15, -0.1) is 10.2 Å². The molecule has 94 valence electrons. The van der Waals surface area contributed by atoms with E-state index in [0.717, 1.165) is 0 Å². The van der Waals surface area contributed by atoms with Gasteiger partial charge in [-0.25, -0.2) is 4.39 Å². The van der Waals surface area contributed by atoms with Gasteiger partial charge in [0, 0.05) is 6.07 Å². The molecular formula is C10H11FN6O. The zero-order chi connectivity index (χ0) is 13.1. The molecule has 1 aliphatic rings. The average molecular weight is 250 g/mol. The zero-order valence-corrected chi connectivity index (χ0v) is 9.51. The average Bonchev–Trinajstić information content (AvgIpc) is 2.67. The minimum Gasteiger partial charge on any atom is -0.494 e. The first kappa shape index (κ1) is 11.8. The number of amidine groups is 2. The number of ether oxygens (including phenoxy) is 1. The third kappa shape index (κ3) is 2.21. The molecule has 0 radical (unpaired) electrons. The number of methoxy groups -OCH3 is 1. The Kier molecular flexibility index (Phi) is 3.09. The molecule has 1 heterocycles. The molecule has 0 aromatic heterocycles. The van der Waals surface area contributed by atoms with Crippen LogP contribution in [0, 0.1) is 5.82 Å². The number of hydrogen-bond acceptors (Lipinski definition) is 7. The maximum absolute atomic E-state index is 13.4. The molecule has 0 unspecified atom stereocenters. The van der Waals surface area contributed by atoms with Crippen LogP contribution in [-0.4, -0.2) is 24.5 Å². The standard InChI is InChI=1S/C10H11FN6O/c1-18-7-3-2-5(4-6(7)11)14-15-8-9(12)16-17-10(8)13/h2-4,14H,1H3,(H4,12,13,15,16,17). The molecule has 1 aliphatic heterocycles. The van der Waals surface area contributed by atoms with Crippen molar-refractivity contribution >= 4 is 23.1 Å². The lowest BCUT2D eigenvalue weighted by Gasteiger charge is -2.05. The molecule has 0 amide bonds. The highest BCUT2D eigenvalue weighted by Crippen LogP contribution is 2.20. The van der Waals surface area contributed by atoms with Crippen LogP contribution in [0.4, 0.5) is 10.1 Å². The summed E-state index contributed by atoms with van der Waals surface area (Å²) in [4.78, 5) is 0. The first-order chi connectivity index (χ1) is 8.61. The third-order valence-electron chi connectivity index (χ3n) is 2.20. The maximum Gasteiger partial charge on any atom is 0.177 e. The van der Waals surface area contributed by atoms with Crippen LogP contribution in [0.2, 0.25) is 0 Å². The highest BCUT2D eigenvalue weighted by atomic mass is 19.1. The van der Waals surface area contributed by atoms with E-state index in [4.69, 9.17) is 16.2 Å². The molecule has 18 heavy (non-hydrogen) atoms. The lowest BCUT2D eigenvalue weighted by atomic mass is 10.3. The van der Waals surface area contributed by atoms with Crippen LogP contribution in [0.1, 0.15) is 0 Å². The molecule has 5 N–H and O–H groups in total. The van der Waals surface area contributed by atoms with Crippen LogP contribution in [0.5, 0.6) is 5.75 Å². The van der Waals surface area contributed by atoms with E-state index in [2.05, 4.69) is 20.7 Å². The van der Waals surface area contributed by atoms with Crippen LogP contribution < -0.4 is 21.6 Å². The van der Waals surface area contributed by atoms with E-state index in [0.29, 0.717) is 5.69 Å². The second kappa shape index (κ2) is 4.70. The van der Waals surface area contributed by atoms with Crippen molar-refractivity contribution in [2.75, 3.05) is 12.5 Å². The van der Waals surface area contributed by atoms with E-state index in [1.807, 2.05) is 0 Å². The number of nitrogens with zero attached hydrogens (tertiary/aromatic N) is 3. The minimum absolute atomic E-state index is 0.106. The topological polar surface area (TPSA) is 110 Å². The molecule has 2 rings (SSSR count). The Hall–Kier alpha value is -2.64. The minimum atomic E-state index is -0.502. The first-order valence-corrected chi connectivity index (χ1v) is 4.96. The summed E-state index contributed by atoms with van der Waals surface area (Å²) in [6.45, 7) is 0. The van der Waals surface area contributed by atoms with Gasteiger partial charge < -0.3 is 16.2 Å². The molecule has 1 aromatic rings. The van der Waals surface area contributed by atoms with Gasteiger partial charge in [0.15, 0.2) is 28.9 Å². The molecule has 0 aliphatic carbocycles. The molecular weight excluding hydrogens is 239 g/mol. The maximum atomic E-state index is 13.4. The smallest absolute Gasteiger partial charge is 0.177 e. The highest BCUT2D eigenvalue weighted by Gasteiger charge is 2.16. The van der Waals surface area contributed by atoms with E-state index in [9.17, 15) is 4.39 Å². The van der Waals surface area contributed by atoms with Crippen molar-refractivity contribution in [2.24, 2.45) is 26.8 Å². The number of halogens is 1. The van der Waals surface area contributed by atoms with Gasteiger partial charge in [0.1, 0.15) is 0 Å². The van der Waals surface area contributed by atoms with E-state index in [1.165, 1.54) is 19.2 Å². The predicted molar refractivity (Wildman–Crippen MR) is 67.3 cm³/mol. The Morgan fingerprint density at radius 2 is 1.94 bits per heavy atom. The normalized spacial score (nSPS) is 14.0. The molecule has 0 spiro atoms. The number of nitrogens with two attached hydrogens (primary N) is 2. The number of rotatable bonds is 3. The van der Waals surface area contributed by atoms with Crippen LogP contribution in [0.3, 0.4) is 0 Å². The van der Waals surface area contributed by atoms with Gasteiger partial charge in [0.25, 0.3) is 0 Å². The van der Waals surface area contributed by atoms with Crippen LogP contribution in [-0.2, 0) is 0 Å². The Balaban J connectivity index is 2.16. The number of anilines is 1. The first-order valence-electron chi connectivity index (χ1n) is 4.96. The molecule has 0 bridgehead atoms. The van der Waals surface area contributed by atoms with Crippen LogP contribution >= 0.6 is 0 Å². The second-order valence-corrected chi connectivity index (χ2v) is 3.39. The SMILES string of the molecule is COc1ccc(NN=C2C(N)=NN=C2N)cc1F. The van der Waals surface area contributed by atoms with Crippen molar-refractivity contribution in [3.63, 3.8) is 0 Å². The van der Waals surface area contributed by atoms with E-state index in [1.54, 1.807) is 6.07 Å². The second-order valence-electron chi connectivity index (χ2n) is 3.39. The summed E-state index contributed by atoms with van der Waals surface area (Å²) < 4.78 is 18.2. The van der Waals surface area contributed by atoms with Gasteiger partial charge in [-0.1, -0.05) is 0 Å². The van der Waals surface area contributed by atoms with E-state index < -0.39 is 5.82 Å². The number of hydrazone groups is 1. The summed E-state index contributed by atoms with van der Waals surface area (Å²) in [5, 5.41) is 11.0. The quantitative estimate of drug-likeness (QED) is 0.667.